The van der Waals surface area contributed by atoms with E-state index in [0.717, 1.165) is 5.69 Å². The zero-order valence-corrected chi connectivity index (χ0v) is 36.2. The van der Waals surface area contributed by atoms with Gasteiger partial charge in [0.15, 0.2) is 8.07 Å². The van der Waals surface area contributed by atoms with Crippen molar-refractivity contribution in [2.24, 2.45) is 0 Å². The summed E-state index contributed by atoms with van der Waals surface area (Å²) in [6, 6.07) is 88.2. The third-order valence-corrected chi connectivity index (χ3v) is 18.8. The molecule has 0 fully saturated rings. The molecule has 302 valence electrons. The highest BCUT2D eigenvalue weighted by molar-refractivity contribution is 7.20. The van der Waals surface area contributed by atoms with Crippen molar-refractivity contribution in [3.63, 3.8) is 0 Å². The predicted molar refractivity (Wildman–Crippen MR) is 271 cm³/mol. The van der Waals surface area contributed by atoms with E-state index < -0.39 is 8.07 Å². The lowest BCUT2D eigenvalue weighted by atomic mass is 9.84. The van der Waals surface area contributed by atoms with Crippen LogP contribution < -0.4 is 25.6 Å². The van der Waals surface area contributed by atoms with Crippen molar-refractivity contribution in [2.75, 3.05) is 4.90 Å². The van der Waals surface area contributed by atoms with Crippen molar-refractivity contribution >= 4 is 79.0 Å². The molecule has 4 heteroatoms. The van der Waals surface area contributed by atoms with Gasteiger partial charge in [0, 0.05) is 50.4 Å². The lowest BCUT2D eigenvalue weighted by molar-refractivity contribution is 0.669. The quantitative estimate of drug-likeness (QED) is 0.115. The van der Waals surface area contributed by atoms with Crippen molar-refractivity contribution < 1.29 is 0 Å². The maximum atomic E-state index is 2.63. The van der Waals surface area contributed by atoms with Crippen LogP contribution in [0.4, 0.5) is 11.4 Å². The van der Waals surface area contributed by atoms with E-state index in [2.05, 4.69) is 263 Å². The molecule has 0 saturated heterocycles. The minimum atomic E-state index is -2.84. The Morgan fingerprint density at radius 2 is 0.859 bits per heavy atom. The lowest BCUT2D eigenvalue weighted by Gasteiger charge is -2.35. The molecule has 0 bridgehead atoms. The molecule has 2 aliphatic rings. The van der Waals surface area contributed by atoms with Gasteiger partial charge in [0.1, 0.15) is 0 Å². The molecule has 0 saturated carbocycles. The van der Waals surface area contributed by atoms with Crippen LogP contribution in [0.15, 0.2) is 243 Å². The van der Waals surface area contributed by atoms with Crippen molar-refractivity contribution in [2.45, 2.75) is 12.0 Å². The summed E-state index contributed by atoms with van der Waals surface area (Å²) in [7, 11) is -2.84. The smallest absolute Gasteiger partial charge is 0.179 e. The zero-order valence-electron chi connectivity index (χ0n) is 35.2. The number of anilines is 2. The van der Waals surface area contributed by atoms with E-state index in [4.69, 9.17) is 0 Å². The maximum Gasteiger partial charge on any atom is 0.179 e. The Labute approximate surface area is 374 Å². The number of nitrogens with zero attached hydrogens (tertiary/aromatic N) is 3. The van der Waals surface area contributed by atoms with Crippen LogP contribution in [0, 0.1) is 0 Å². The van der Waals surface area contributed by atoms with Gasteiger partial charge in [0.25, 0.3) is 0 Å². The van der Waals surface area contributed by atoms with E-state index in [1.54, 1.807) is 0 Å². The molecule has 0 radical (unpaired) electrons. The molecular formula is C60H43N3Si. The molecule has 2 atom stereocenters. The number of hydrogen-bond acceptors (Lipinski definition) is 1. The summed E-state index contributed by atoms with van der Waals surface area (Å²) in [6.45, 7) is 0. The number of fused-ring (bicyclic) bond motifs is 10. The number of benzene rings is 9. The van der Waals surface area contributed by atoms with Gasteiger partial charge in [0.2, 0.25) is 0 Å². The summed E-state index contributed by atoms with van der Waals surface area (Å²) in [4.78, 5) is 2.63. The van der Waals surface area contributed by atoms with E-state index in [9.17, 15) is 0 Å². The van der Waals surface area contributed by atoms with Crippen LogP contribution in [0.2, 0.25) is 0 Å². The Balaban J connectivity index is 1.10. The van der Waals surface area contributed by atoms with Crippen LogP contribution in [0.1, 0.15) is 28.8 Å². The minimum Gasteiger partial charge on any atom is -0.333 e. The fourth-order valence-corrected chi connectivity index (χ4v) is 16.2. The van der Waals surface area contributed by atoms with Gasteiger partial charge in [0.05, 0.1) is 28.3 Å². The van der Waals surface area contributed by atoms with Gasteiger partial charge in [-0.25, -0.2) is 0 Å². The fraction of sp³-hybridized carbons (Fsp3) is 0.0333. The number of rotatable bonds is 7. The van der Waals surface area contributed by atoms with Crippen LogP contribution in [-0.4, -0.2) is 17.2 Å². The molecule has 3 heterocycles. The van der Waals surface area contributed by atoms with Gasteiger partial charge in [-0.05, 0) is 93.1 Å². The molecule has 3 nitrogen and oxygen atoms in total. The van der Waals surface area contributed by atoms with Gasteiger partial charge in [-0.1, -0.05) is 182 Å². The molecule has 2 unspecified atom stereocenters. The molecule has 2 aromatic heterocycles. The third kappa shape index (κ3) is 5.33. The van der Waals surface area contributed by atoms with Crippen LogP contribution in [0.25, 0.3) is 50.2 Å². The van der Waals surface area contributed by atoms with Crippen LogP contribution in [-0.2, 0) is 0 Å². The Hall–Kier alpha value is -7.92. The van der Waals surface area contributed by atoms with Crippen molar-refractivity contribution in [1.29, 1.82) is 0 Å². The van der Waals surface area contributed by atoms with Gasteiger partial charge in [-0.3, -0.25) is 0 Å². The second-order valence-electron chi connectivity index (χ2n) is 17.2. The summed E-state index contributed by atoms with van der Waals surface area (Å²) in [5.74, 6) is 0.105. The molecule has 1 aliphatic heterocycles. The van der Waals surface area contributed by atoms with Gasteiger partial charge in [-0.15, -0.1) is 0 Å². The number of hydrogen-bond donors (Lipinski definition) is 0. The summed E-state index contributed by atoms with van der Waals surface area (Å²) >= 11 is 0. The van der Waals surface area contributed by atoms with Gasteiger partial charge >= 0.3 is 0 Å². The first-order valence-corrected chi connectivity index (χ1v) is 24.3. The van der Waals surface area contributed by atoms with Crippen molar-refractivity contribution in [3.8, 4) is 11.4 Å². The molecule has 0 amide bonds. The molecular weight excluding hydrogens is 791 g/mol. The minimum absolute atomic E-state index is 0.00903. The van der Waals surface area contributed by atoms with Crippen LogP contribution >= 0.6 is 0 Å². The highest BCUT2D eigenvalue weighted by Gasteiger charge is 2.46. The lowest BCUT2D eigenvalue weighted by Crippen LogP contribution is -2.74. The first kappa shape index (κ1) is 36.7. The second kappa shape index (κ2) is 14.6. The second-order valence-corrected chi connectivity index (χ2v) is 21.0. The Morgan fingerprint density at radius 1 is 0.359 bits per heavy atom. The first-order valence-electron chi connectivity index (χ1n) is 22.3. The van der Waals surface area contributed by atoms with Crippen molar-refractivity contribution in [1.82, 2.24) is 9.13 Å². The zero-order chi connectivity index (χ0) is 42.2. The Kier molecular flexibility index (Phi) is 8.37. The normalized spacial score (nSPS) is 15.4. The maximum absolute atomic E-state index is 2.84. The average Bonchev–Trinajstić information content (AvgIpc) is 4.01. The summed E-state index contributed by atoms with van der Waals surface area (Å²) in [6.07, 6.45) is 4.91. The summed E-state index contributed by atoms with van der Waals surface area (Å²) in [5, 5.41) is 9.34. The molecule has 0 N–H and O–H groups in total. The highest BCUT2D eigenvalue weighted by atomic mass is 28.3. The van der Waals surface area contributed by atoms with Gasteiger partial charge in [-0.2, -0.15) is 0 Å². The third-order valence-electron chi connectivity index (χ3n) is 14.0. The molecule has 9 aromatic carbocycles. The van der Waals surface area contributed by atoms with Crippen LogP contribution in [0.3, 0.4) is 0 Å². The number of aromatic nitrogens is 2. The first-order chi connectivity index (χ1) is 31.8. The molecule has 0 spiro atoms. The largest absolute Gasteiger partial charge is 0.333 e. The van der Waals surface area contributed by atoms with Crippen LogP contribution in [0.5, 0.6) is 0 Å². The molecule has 1 aliphatic carbocycles. The van der Waals surface area contributed by atoms with E-state index in [0.29, 0.717) is 0 Å². The fourth-order valence-electron chi connectivity index (χ4n) is 11.4. The monoisotopic (exact) mass is 833 g/mol. The summed E-state index contributed by atoms with van der Waals surface area (Å²) < 4.78 is 4.96. The Morgan fingerprint density at radius 3 is 1.44 bits per heavy atom. The van der Waals surface area contributed by atoms with Crippen molar-refractivity contribution in [3.05, 3.63) is 259 Å². The SMILES string of the molecule is C1=CC2c3cc(-n4c5ccccc5c5ccccc54)ccc3N(c3ccccc3)C2c2c1n(-c1ccccc1)c1ccc([Si](c3ccccc3)(c3ccccc3)c3ccccc3)cc21. The van der Waals surface area contributed by atoms with E-state index in [1.807, 2.05) is 0 Å². The molecule has 13 rings (SSSR count). The standard InChI is InChI=1S/C60H43N3Si/c1-6-20-42(21-7-1)61-57-38-35-48(64(45-24-10-3-11-25-45,46-26-12-4-13-27-46)47-28-14-5-15-29-47)41-53(57)59-58(61)39-36-51-52-40-44(34-37-56(52)63(60(51)59)43-22-8-2-9-23-43)62-54-32-18-16-30-49(54)50-31-17-19-33-55(50)62/h1-41,51,60H. The number of para-hydroxylation sites is 4. The summed E-state index contributed by atoms with van der Waals surface area (Å²) in [5.41, 5.74) is 12.4. The molecule has 11 aromatic rings. The topological polar surface area (TPSA) is 13.1 Å². The Bertz CT molecular complexity index is 3410. The molecule has 64 heavy (non-hydrogen) atoms. The highest BCUT2D eigenvalue weighted by Crippen LogP contribution is 2.58. The average molecular weight is 834 g/mol. The van der Waals surface area contributed by atoms with E-state index in [1.165, 1.54) is 87.3 Å². The van der Waals surface area contributed by atoms with Gasteiger partial charge < -0.3 is 14.0 Å². The van der Waals surface area contributed by atoms with E-state index >= 15 is 0 Å². The van der Waals surface area contributed by atoms with E-state index in [-0.39, 0.29) is 12.0 Å². The predicted octanol–water partition coefficient (Wildman–Crippen LogP) is 12.1.